The van der Waals surface area contributed by atoms with Crippen molar-refractivity contribution in [3.05, 3.63) is 77.4 Å². The molecule has 270 valence electrons. The van der Waals surface area contributed by atoms with Gasteiger partial charge in [0.1, 0.15) is 17.3 Å². The van der Waals surface area contributed by atoms with Crippen LogP contribution in [0.25, 0.3) is 0 Å². The van der Waals surface area contributed by atoms with Crippen LogP contribution in [-0.4, -0.2) is 58.0 Å². The summed E-state index contributed by atoms with van der Waals surface area (Å²) in [5.74, 6) is -6.09. The number of amidine groups is 1. The van der Waals surface area contributed by atoms with E-state index >= 15 is 4.39 Å². The average Bonchev–Trinajstić information content (AvgIpc) is 2.97. The highest BCUT2D eigenvalue weighted by Gasteiger charge is 2.39. The summed E-state index contributed by atoms with van der Waals surface area (Å²) in [5, 5.41) is 21.8. The van der Waals surface area contributed by atoms with Gasteiger partial charge < -0.3 is 30.3 Å². The van der Waals surface area contributed by atoms with Gasteiger partial charge in [-0.25, -0.2) is 19.0 Å². The van der Waals surface area contributed by atoms with Gasteiger partial charge in [0.25, 0.3) is 0 Å². The van der Waals surface area contributed by atoms with Gasteiger partial charge in [0.2, 0.25) is 0 Å². The molecule has 10 nitrogen and oxygen atoms in total. The number of aliphatic carboxylic acids is 2. The van der Waals surface area contributed by atoms with Gasteiger partial charge in [-0.05, 0) is 57.2 Å². The van der Waals surface area contributed by atoms with Crippen molar-refractivity contribution in [3.8, 4) is 11.5 Å². The maximum Gasteiger partial charge on any atom is 0.490 e. The first-order valence-electron chi connectivity index (χ1n) is 13.4. The zero-order valence-electron chi connectivity index (χ0n) is 25.5. The summed E-state index contributed by atoms with van der Waals surface area (Å²) in [5.41, 5.74) is 5.47. The van der Waals surface area contributed by atoms with Crippen LogP contribution in [0.4, 0.5) is 55.3 Å². The molecule has 1 heterocycles. The molecule has 1 aromatic heterocycles. The summed E-state index contributed by atoms with van der Waals surface area (Å²) in [6.45, 7) is 5.40. The first-order chi connectivity index (χ1) is 22.4. The van der Waals surface area contributed by atoms with Crippen LogP contribution in [-0.2, 0) is 22.3 Å². The van der Waals surface area contributed by atoms with E-state index in [0.717, 1.165) is 6.07 Å². The molecule has 3 aromatic rings. The van der Waals surface area contributed by atoms with Crippen LogP contribution >= 0.6 is 0 Å². The Morgan fingerprint density at radius 1 is 0.918 bits per heavy atom. The fourth-order valence-corrected chi connectivity index (χ4v) is 3.37. The van der Waals surface area contributed by atoms with E-state index in [-0.39, 0.29) is 35.6 Å². The topological polar surface area (TPSA) is 159 Å². The SMILES string of the molecule is CCOc1cc(OC(C)C)c(F)c(N(Cc2cccc(C(F)(F)F)n2)c2ccc(C(=N)N)cc2)c1.O=C(O)C(F)(F)F.O=C(O)C(F)(F)F. The van der Waals surface area contributed by atoms with E-state index in [2.05, 4.69) is 4.98 Å². The average molecular weight is 719 g/mol. The Bertz CT molecular complexity index is 1550. The smallest absolute Gasteiger partial charge is 0.490 e. The molecule has 0 aliphatic heterocycles. The van der Waals surface area contributed by atoms with E-state index in [1.165, 1.54) is 29.2 Å². The number of nitrogens with zero attached hydrogens (tertiary/aromatic N) is 2. The maximum absolute atomic E-state index is 15.7. The highest BCUT2D eigenvalue weighted by Crippen LogP contribution is 2.38. The van der Waals surface area contributed by atoms with Crippen molar-refractivity contribution in [1.82, 2.24) is 4.98 Å². The lowest BCUT2D eigenvalue weighted by Crippen LogP contribution is -2.21. The number of halogens is 10. The second kappa shape index (κ2) is 17.2. The number of carboxylic acids is 2. The Kier molecular flexibility index (Phi) is 14.6. The molecule has 49 heavy (non-hydrogen) atoms. The van der Waals surface area contributed by atoms with Crippen LogP contribution in [0.2, 0.25) is 0 Å². The number of carbonyl (C=O) groups is 2. The van der Waals surface area contributed by atoms with Crippen molar-refractivity contribution in [2.45, 2.75) is 51.9 Å². The third kappa shape index (κ3) is 13.8. The number of nitrogens with two attached hydrogens (primary N) is 1. The summed E-state index contributed by atoms with van der Waals surface area (Å²) in [7, 11) is 0. The van der Waals surface area contributed by atoms with Gasteiger partial charge in [-0.3, -0.25) is 5.41 Å². The zero-order chi connectivity index (χ0) is 37.9. The molecule has 0 aliphatic rings. The Balaban J connectivity index is 0.000000717. The van der Waals surface area contributed by atoms with E-state index < -0.39 is 42.0 Å². The number of nitrogen functional groups attached to an aromatic ring is 1. The van der Waals surface area contributed by atoms with Gasteiger partial charge in [0, 0.05) is 23.4 Å². The largest absolute Gasteiger partial charge is 0.494 e. The monoisotopic (exact) mass is 718 g/mol. The third-order valence-electron chi connectivity index (χ3n) is 5.35. The number of benzene rings is 2. The van der Waals surface area contributed by atoms with Gasteiger partial charge in [0.05, 0.1) is 30.6 Å². The van der Waals surface area contributed by atoms with Crippen LogP contribution in [0, 0.1) is 11.2 Å². The first kappa shape index (κ1) is 41.7. The second-order valence-electron chi connectivity index (χ2n) is 9.52. The quantitative estimate of drug-likeness (QED) is 0.101. The molecule has 5 N–H and O–H groups in total. The maximum atomic E-state index is 15.7. The van der Waals surface area contributed by atoms with Crippen molar-refractivity contribution in [1.29, 1.82) is 5.41 Å². The van der Waals surface area contributed by atoms with E-state index in [9.17, 15) is 39.5 Å². The molecular formula is C29H28F10N4O6. The number of hydrogen-bond acceptors (Lipinski definition) is 7. The van der Waals surface area contributed by atoms with Gasteiger partial charge in [-0.15, -0.1) is 0 Å². The molecule has 0 unspecified atom stereocenters. The van der Waals surface area contributed by atoms with Crippen LogP contribution < -0.4 is 20.1 Å². The van der Waals surface area contributed by atoms with Gasteiger partial charge in [0.15, 0.2) is 11.6 Å². The van der Waals surface area contributed by atoms with Crippen molar-refractivity contribution < 1.29 is 73.2 Å². The predicted octanol–water partition coefficient (Wildman–Crippen LogP) is 7.31. The Labute approximate surface area is 271 Å². The van der Waals surface area contributed by atoms with Crippen molar-refractivity contribution in [3.63, 3.8) is 0 Å². The molecule has 0 atom stereocenters. The molecular weight excluding hydrogens is 690 g/mol. The molecule has 0 radical (unpaired) electrons. The molecule has 0 bridgehead atoms. The fraction of sp³-hybridized carbons (Fsp3) is 0.310. The number of aromatic nitrogens is 1. The number of rotatable bonds is 9. The molecule has 0 aliphatic carbocycles. The molecule has 20 heteroatoms. The number of nitrogens with one attached hydrogen (secondary N) is 1. The fourth-order valence-electron chi connectivity index (χ4n) is 3.37. The lowest BCUT2D eigenvalue weighted by molar-refractivity contribution is -0.193. The minimum atomic E-state index is -5.08. The number of pyridine rings is 1. The highest BCUT2D eigenvalue weighted by atomic mass is 19.4. The summed E-state index contributed by atoms with van der Waals surface area (Å²) in [6, 6.07) is 12.8. The number of ether oxygens (including phenoxy) is 2. The van der Waals surface area contributed by atoms with Gasteiger partial charge >= 0.3 is 30.5 Å². The van der Waals surface area contributed by atoms with Gasteiger partial charge in [-0.1, -0.05) is 6.07 Å². The molecule has 0 spiro atoms. The van der Waals surface area contributed by atoms with Crippen molar-refractivity contribution in [2.24, 2.45) is 5.73 Å². The third-order valence-corrected chi connectivity index (χ3v) is 5.35. The lowest BCUT2D eigenvalue weighted by Gasteiger charge is -2.27. The second-order valence-corrected chi connectivity index (χ2v) is 9.52. The van der Waals surface area contributed by atoms with Crippen LogP contribution in [0.15, 0.2) is 54.6 Å². The van der Waals surface area contributed by atoms with Crippen LogP contribution in [0.1, 0.15) is 37.7 Å². The minimum absolute atomic E-state index is 0.0291. The Morgan fingerprint density at radius 2 is 1.43 bits per heavy atom. The summed E-state index contributed by atoms with van der Waals surface area (Å²) < 4.78 is 130. The van der Waals surface area contributed by atoms with Gasteiger partial charge in [-0.2, -0.15) is 39.5 Å². The van der Waals surface area contributed by atoms with E-state index in [0.29, 0.717) is 23.6 Å². The van der Waals surface area contributed by atoms with Crippen molar-refractivity contribution in [2.75, 3.05) is 11.5 Å². The molecule has 0 amide bonds. The standard InChI is InChI=1S/C25H26F4N4O2.2C2HF3O2/c1-4-34-19-12-20(23(26)21(13-19)35-15(2)3)33(18-10-8-16(9-11-18)24(30)31)14-17-6-5-7-22(32-17)25(27,28)29;2*3-2(4,5)1(6)7/h5-13,15H,4,14H2,1-3H3,(H3,30,31);2*(H,6,7). The predicted molar refractivity (Wildman–Crippen MR) is 153 cm³/mol. The summed E-state index contributed by atoms with van der Waals surface area (Å²) in [4.78, 5) is 23.0. The van der Waals surface area contributed by atoms with E-state index in [4.69, 9.17) is 40.4 Å². The molecule has 2 aromatic carbocycles. The molecule has 0 fully saturated rings. The Hall–Kier alpha value is -5.30. The lowest BCUT2D eigenvalue weighted by atomic mass is 10.1. The first-order valence-corrected chi connectivity index (χ1v) is 13.4. The number of carboxylic acid groups (broad SMARTS) is 2. The normalized spacial score (nSPS) is 11.4. The summed E-state index contributed by atoms with van der Waals surface area (Å²) in [6.07, 6.45) is -15.1. The number of anilines is 2. The van der Waals surface area contributed by atoms with Crippen LogP contribution in [0.3, 0.4) is 0 Å². The van der Waals surface area contributed by atoms with E-state index in [1.54, 1.807) is 45.0 Å². The number of hydrogen-bond donors (Lipinski definition) is 4. The van der Waals surface area contributed by atoms with Crippen molar-refractivity contribution >= 4 is 29.1 Å². The van der Waals surface area contributed by atoms with E-state index in [1.807, 2.05) is 0 Å². The zero-order valence-corrected chi connectivity index (χ0v) is 25.5. The highest BCUT2D eigenvalue weighted by molar-refractivity contribution is 5.95. The van der Waals surface area contributed by atoms with Crippen LogP contribution in [0.5, 0.6) is 11.5 Å². The molecule has 0 saturated carbocycles. The Morgan fingerprint density at radius 3 is 1.84 bits per heavy atom. The molecule has 3 rings (SSSR count). The molecule has 0 saturated heterocycles. The summed E-state index contributed by atoms with van der Waals surface area (Å²) >= 11 is 0. The minimum Gasteiger partial charge on any atom is -0.494 e. The number of alkyl halides is 9.